The molecule has 0 spiro atoms. The molecule has 0 saturated heterocycles. The van der Waals surface area contributed by atoms with E-state index in [1.54, 1.807) is 0 Å². The van der Waals surface area contributed by atoms with E-state index in [1.807, 2.05) is 0 Å². The minimum atomic E-state index is -0.369. The number of aldehydes is 1. The topological polar surface area (TPSA) is 26.3 Å². The molecule has 2 rings (SSSR count). The molecule has 3 heteroatoms. The molecule has 0 atom stereocenters. The normalized spacial score (nSPS) is 14.5. The lowest BCUT2D eigenvalue weighted by Gasteiger charge is -2.18. The van der Waals surface area contributed by atoms with E-state index in [-0.39, 0.29) is 5.82 Å². The molecule has 13 heavy (non-hydrogen) atoms. The largest absolute Gasteiger partial charge is 0.493 e. The zero-order valence-electron chi connectivity index (χ0n) is 7.05. The maximum absolute atomic E-state index is 12.9. The van der Waals surface area contributed by atoms with Crippen molar-refractivity contribution < 1.29 is 13.9 Å². The van der Waals surface area contributed by atoms with Gasteiger partial charge in [0.05, 0.1) is 12.2 Å². The highest BCUT2D eigenvalue weighted by molar-refractivity contribution is 5.80. The van der Waals surface area contributed by atoms with Crippen LogP contribution < -0.4 is 4.74 Å². The third-order valence-corrected chi connectivity index (χ3v) is 2.12. The summed E-state index contributed by atoms with van der Waals surface area (Å²) in [6.45, 7) is 0.611. The van der Waals surface area contributed by atoms with Gasteiger partial charge in [0.1, 0.15) is 11.6 Å². The van der Waals surface area contributed by atoms with E-state index in [9.17, 15) is 9.18 Å². The van der Waals surface area contributed by atoms with E-state index in [2.05, 4.69) is 0 Å². The molecule has 0 radical (unpaired) electrons. The Morgan fingerprint density at radius 3 is 3.08 bits per heavy atom. The molecule has 0 unspecified atom stereocenters. The molecule has 0 aromatic heterocycles. The first kappa shape index (κ1) is 8.23. The van der Waals surface area contributed by atoms with Gasteiger partial charge in [0.15, 0.2) is 6.29 Å². The first-order chi connectivity index (χ1) is 6.31. The molecule has 0 aliphatic carbocycles. The summed E-state index contributed by atoms with van der Waals surface area (Å²) in [6, 6.07) is 2.64. The van der Waals surface area contributed by atoms with Gasteiger partial charge in [-0.15, -0.1) is 0 Å². The van der Waals surface area contributed by atoms with Gasteiger partial charge in [-0.1, -0.05) is 0 Å². The summed E-state index contributed by atoms with van der Waals surface area (Å²) in [5.41, 5.74) is 1.11. The molecule has 1 aromatic rings. The molecule has 0 amide bonds. The number of carbonyl (C=O) groups is 1. The molecular weight excluding hydrogens is 171 g/mol. The van der Waals surface area contributed by atoms with Gasteiger partial charge < -0.3 is 4.74 Å². The first-order valence-corrected chi connectivity index (χ1v) is 4.21. The lowest BCUT2D eigenvalue weighted by molar-refractivity contribution is 0.111. The van der Waals surface area contributed by atoms with Gasteiger partial charge in [-0.05, 0) is 30.5 Å². The molecule has 1 aromatic carbocycles. The van der Waals surface area contributed by atoms with Crippen LogP contribution in [0.4, 0.5) is 4.39 Å². The molecule has 0 fully saturated rings. The zero-order valence-corrected chi connectivity index (χ0v) is 7.05. The van der Waals surface area contributed by atoms with Crippen LogP contribution in [-0.2, 0) is 6.42 Å². The number of halogens is 1. The number of benzene rings is 1. The number of carbonyl (C=O) groups excluding carboxylic acids is 1. The van der Waals surface area contributed by atoms with Crippen molar-refractivity contribution in [3.63, 3.8) is 0 Å². The van der Waals surface area contributed by atoms with Gasteiger partial charge in [0.2, 0.25) is 0 Å². The van der Waals surface area contributed by atoms with Gasteiger partial charge >= 0.3 is 0 Å². The average molecular weight is 180 g/mol. The van der Waals surface area contributed by atoms with Crippen molar-refractivity contribution in [2.45, 2.75) is 12.8 Å². The van der Waals surface area contributed by atoms with E-state index in [0.29, 0.717) is 24.2 Å². The van der Waals surface area contributed by atoms with Crippen LogP contribution in [0.25, 0.3) is 0 Å². The molecular formula is C10H9FO2. The van der Waals surface area contributed by atoms with E-state index >= 15 is 0 Å². The highest BCUT2D eigenvalue weighted by Crippen LogP contribution is 2.28. The van der Waals surface area contributed by atoms with Crippen LogP contribution in [0.1, 0.15) is 22.3 Å². The Morgan fingerprint density at radius 1 is 1.46 bits per heavy atom. The number of fused-ring (bicyclic) bond motifs is 1. The summed E-state index contributed by atoms with van der Waals surface area (Å²) in [5.74, 6) is 0.189. The zero-order chi connectivity index (χ0) is 9.26. The molecule has 0 bridgehead atoms. The van der Waals surface area contributed by atoms with Crippen LogP contribution >= 0.6 is 0 Å². The highest BCUT2D eigenvalue weighted by Gasteiger charge is 2.15. The van der Waals surface area contributed by atoms with Gasteiger partial charge in [0.25, 0.3) is 0 Å². The van der Waals surface area contributed by atoms with Crippen LogP contribution in [0.5, 0.6) is 5.75 Å². The van der Waals surface area contributed by atoms with Crippen molar-refractivity contribution >= 4 is 6.29 Å². The molecule has 2 nitrogen and oxygen atoms in total. The Hall–Kier alpha value is -1.38. The summed E-state index contributed by atoms with van der Waals surface area (Å²) < 4.78 is 18.2. The minimum absolute atomic E-state index is 0.315. The second-order valence-electron chi connectivity index (χ2n) is 3.05. The molecule has 1 heterocycles. The second-order valence-corrected chi connectivity index (χ2v) is 3.05. The van der Waals surface area contributed by atoms with E-state index < -0.39 is 0 Å². The molecule has 1 aliphatic heterocycles. The van der Waals surface area contributed by atoms with Gasteiger partial charge in [-0.3, -0.25) is 4.79 Å². The monoisotopic (exact) mass is 180 g/mol. The number of aryl methyl sites for hydroxylation is 1. The van der Waals surface area contributed by atoms with E-state index in [0.717, 1.165) is 18.4 Å². The lowest BCUT2D eigenvalue weighted by atomic mass is 10.0. The Balaban J connectivity index is 2.56. The van der Waals surface area contributed by atoms with Crippen molar-refractivity contribution in [1.82, 2.24) is 0 Å². The predicted molar refractivity (Wildman–Crippen MR) is 45.6 cm³/mol. The van der Waals surface area contributed by atoms with Gasteiger partial charge in [-0.25, -0.2) is 4.39 Å². The number of rotatable bonds is 1. The standard InChI is InChI=1S/C10H9FO2/c11-9-4-7-2-1-3-13-10(7)8(5-9)6-12/h4-6H,1-3H2. The van der Waals surface area contributed by atoms with Crippen LogP contribution in [0.3, 0.4) is 0 Å². The first-order valence-electron chi connectivity index (χ1n) is 4.21. The van der Waals surface area contributed by atoms with Crippen molar-refractivity contribution in [2.75, 3.05) is 6.61 Å². The van der Waals surface area contributed by atoms with Crippen LogP contribution in [0.2, 0.25) is 0 Å². The minimum Gasteiger partial charge on any atom is -0.493 e. The number of hydrogen-bond acceptors (Lipinski definition) is 2. The number of hydrogen-bond donors (Lipinski definition) is 0. The van der Waals surface area contributed by atoms with Crippen molar-refractivity contribution in [3.8, 4) is 5.75 Å². The van der Waals surface area contributed by atoms with Crippen LogP contribution in [0.15, 0.2) is 12.1 Å². The third kappa shape index (κ3) is 1.41. The molecule has 68 valence electrons. The predicted octanol–water partition coefficient (Wildman–Crippen LogP) is 1.96. The molecule has 0 saturated carbocycles. The van der Waals surface area contributed by atoms with Crippen molar-refractivity contribution in [1.29, 1.82) is 0 Å². The van der Waals surface area contributed by atoms with Crippen LogP contribution in [0, 0.1) is 5.82 Å². The van der Waals surface area contributed by atoms with E-state index in [4.69, 9.17) is 4.74 Å². The third-order valence-electron chi connectivity index (χ3n) is 2.12. The quantitative estimate of drug-likeness (QED) is 0.617. The fourth-order valence-corrected chi connectivity index (χ4v) is 1.56. The Morgan fingerprint density at radius 2 is 2.31 bits per heavy atom. The summed E-state index contributed by atoms with van der Waals surface area (Å²) >= 11 is 0. The maximum atomic E-state index is 12.9. The molecule has 0 N–H and O–H groups in total. The van der Waals surface area contributed by atoms with Gasteiger partial charge in [-0.2, -0.15) is 0 Å². The summed E-state index contributed by atoms with van der Waals surface area (Å²) in [7, 11) is 0. The van der Waals surface area contributed by atoms with Crippen LogP contribution in [-0.4, -0.2) is 12.9 Å². The van der Waals surface area contributed by atoms with Crippen molar-refractivity contribution in [2.24, 2.45) is 0 Å². The highest BCUT2D eigenvalue weighted by atomic mass is 19.1. The van der Waals surface area contributed by atoms with Crippen molar-refractivity contribution in [3.05, 3.63) is 29.1 Å². The van der Waals surface area contributed by atoms with Gasteiger partial charge in [0, 0.05) is 0 Å². The fraction of sp³-hybridized carbons (Fsp3) is 0.300. The summed E-state index contributed by atoms with van der Waals surface area (Å²) in [6.07, 6.45) is 2.30. The summed E-state index contributed by atoms with van der Waals surface area (Å²) in [4.78, 5) is 10.6. The number of ether oxygens (including phenoxy) is 1. The second kappa shape index (κ2) is 3.17. The SMILES string of the molecule is O=Cc1cc(F)cc2c1OCCC2. The Labute approximate surface area is 75.3 Å². The smallest absolute Gasteiger partial charge is 0.153 e. The lowest BCUT2D eigenvalue weighted by Crippen LogP contribution is -2.10. The maximum Gasteiger partial charge on any atom is 0.153 e. The average Bonchev–Trinajstić information content (AvgIpc) is 2.16. The Bertz CT molecular complexity index is 347. The Kier molecular flexibility index (Phi) is 2.00. The summed E-state index contributed by atoms with van der Waals surface area (Å²) in [5, 5.41) is 0. The van der Waals surface area contributed by atoms with E-state index in [1.165, 1.54) is 12.1 Å². The molecule has 1 aliphatic rings. The fourth-order valence-electron chi connectivity index (χ4n) is 1.56.